The van der Waals surface area contributed by atoms with Crippen LogP contribution in [-0.4, -0.2) is 29.9 Å². The van der Waals surface area contributed by atoms with Gasteiger partial charge in [0.1, 0.15) is 0 Å². The number of hydrogen-bond acceptors (Lipinski definition) is 2. The van der Waals surface area contributed by atoms with E-state index in [2.05, 4.69) is 49.9 Å². The molecule has 1 heterocycles. The Balaban J connectivity index is 0.00000288. The zero-order valence-electron chi connectivity index (χ0n) is 15.3. The maximum Gasteiger partial charge on any atom is 0.225 e. The third kappa shape index (κ3) is 6.10. The lowest BCUT2D eigenvalue weighted by Gasteiger charge is -2.34. The second-order valence-electron chi connectivity index (χ2n) is 7.48. The van der Waals surface area contributed by atoms with E-state index in [0.717, 1.165) is 31.5 Å². The number of amides is 1. The summed E-state index contributed by atoms with van der Waals surface area (Å²) in [7, 11) is 0. The first-order valence-electron chi connectivity index (χ1n) is 9.09. The molecule has 0 bridgehead atoms. The lowest BCUT2D eigenvalue weighted by molar-refractivity contribution is -0.119. The highest BCUT2D eigenvalue weighted by Gasteiger charge is 2.25. The Morgan fingerprint density at radius 2 is 1.67 bits per heavy atom. The standard InChI is InChI=1S/C20H32N2O.ClH/c1-15(2)13-17-7-9-18(10-8-17)19(20(21)23)14-16(3)22-11-5-4-6-12-22;/h7-10,15-16,19H,4-6,11-14H2,1-3H3,(H2,21,23);1H. The summed E-state index contributed by atoms with van der Waals surface area (Å²) in [5.74, 6) is 0.261. The van der Waals surface area contributed by atoms with Crippen LogP contribution >= 0.6 is 12.4 Å². The van der Waals surface area contributed by atoms with Crippen LogP contribution in [0.1, 0.15) is 63.5 Å². The Morgan fingerprint density at radius 1 is 1.08 bits per heavy atom. The molecule has 2 rings (SSSR count). The number of carbonyl (C=O) groups excluding carboxylic acids is 1. The molecule has 0 saturated carbocycles. The highest BCUT2D eigenvalue weighted by atomic mass is 35.5. The van der Waals surface area contributed by atoms with Crippen molar-refractivity contribution in [3.63, 3.8) is 0 Å². The molecule has 136 valence electrons. The first-order valence-corrected chi connectivity index (χ1v) is 9.09. The van der Waals surface area contributed by atoms with Crippen LogP contribution in [0.5, 0.6) is 0 Å². The molecule has 0 spiro atoms. The van der Waals surface area contributed by atoms with Crippen molar-refractivity contribution < 1.29 is 4.79 Å². The summed E-state index contributed by atoms with van der Waals surface area (Å²) in [5, 5.41) is 0. The molecule has 4 heteroatoms. The average Bonchev–Trinajstić information content (AvgIpc) is 2.53. The second-order valence-corrected chi connectivity index (χ2v) is 7.48. The minimum absolute atomic E-state index is 0. The smallest absolute Gasteiger partial charge is 0.225 e. The molecular weight excluding hydrogens is 320 g/mol. The van der Waals surface area contributed by atoms with Crippen molar-refractivity contribution in [2.24, 2.45) is 11.7 Å². The minimum Gasteiger partial charge on any atom is -0.369 e. The predicted octanol–water partition coefficient (Wildman–Crippen LogP) is 4.14. The van der Waals surface area contributed by atoms with Crippen molar-refractivity contribution in [1.82, 2.24) is 4.90 Å². The van der Waals surface area contributed by atoms with E-state index in [1.165, 1.54) is 24.8 Å². The number of piperidine rings is 1. The fourth-order valence-electron chi connectivity index (χ4n) is 3.62. The van der Waals surface area contributed by atoms with Gasteiger partial charge in [0.15, 0.2) is 0 Å². The van der Waals surface area contributed by atoms with Crippen molar-refractivity contribution in [1.29, 1.82) is 0 Å². The van der Waals surface area contributed by atoms with Gasteiger partial charge in [-0.2, -0.15) is 0 Å². The Kier molecular flexibility index (Phi) is 8.79. The van der Waals surface area contributed by atoms with Gasteiger partial charge >= 0.3 is 0 Å². The fraction of sp³-hybridized carbons (Fsp3) is 0.650. The van der Waals surface area contributed by atoms with E-state index in [9.17, 15) is 4.79 Å². The maximum absolute atomic E-state index is 12.0. The van der Waals surface area contributed by atoms with E-state index < -0.39 is 0 Å². The molecular formula is C20H33ClN2O. The summed E-state index contributed by atoms with van der Waals surface area (Å²) in [6.07, 6.45) is 5.77. The van der Waals surface area contributed by atoms with Crippen LogP contribution < -0.4 is 5.73 Å². The summed E-state index contributed by atoms with van der Waals surface area (Å²) in [4.78, 5) is 14.5. The number of halogens is 1. The van der Waals surface area contributed by atoms with Gasteiger partial charge in [0.05, 0.1) is 5.92 Å². The third-order valence-electron chi connectivity index (χ3n) is 4.96. The SMILES string of the molecule is CC(C)Cc1ccc(C(CC(C)N2CCCCC2)C(N)=O)cc1.Cl. The molecule has 3 nitrogen and oxygen atoms in total. The fourth-order valence-corrected chi connectivity index (χ4v) is 3.62. The largest absolute Gasteiger partial charge is 0.369 e. The normalized spacial score (nSPS) is 18.0. The zero-order chi connectivity index (χ0) is 16.8. The van der Waals surface area contributed by atoms with E-state index >= 15 is 0 Å². The zero-order valence-corrected chi connectivity index (χ0v) is 16.1. The minimum atomic E-state index is -0.203. The van der Waals surface area contributed by atoms with Gasteiger partial charge in [-0.25, -0.2) is 0 Å². The van der Waals surface area contributed by atoms with Gasteiger partial charge in [-0.05, 0) is 62.7 Å². The molecule has 2 N–H and O–H groups in total. The van der Waals surface area contributed by atoms with Crippen LogP contribution in [0.25, 0.3) is 0 Å². The number of rotatable bonds is 7. The van der Waals surface area contributed by atoms with Crippen molar-refractivity contribution in [3.05, 3.63) is 35.4 Å². The van der Waals surface area contributed by atoms with Crippen molar-refractivity contribution in [3.8, 4) is 0 Å². The Bertz CT molecular complexity index is 495. The molecule has 24 heavy (non-hydrogen) atoms. The summed E-state index contributed by atoms with van der Waals surface area (Å²) >= 11 is 0. The van der Waals surface area contributed by atoms with Gasteiger partial charge in [-0.15, -0.1) is 12.4 Å². The molecule has 1 aromatic carbocycles. The number of carbonyl (C=O) groups is 1. The van der Waals surface area contributed by atoms with Crippen molar-refractivity contribution in [2.75, 3.05) is 13.1 Å². The van der Waals surface area contributed by atoms with Crippen LogP contribution in [0.3, 0.4) is 0 Å². The Labute approximate surface area is 153 Å². The number of nitrogens with two attached hydrogens (primary N) is 1. The third-order valence-corrected chi connectivity index (χ3v) is 4.96. The van der Waals surface area contributed by atoms with Gasteiger partial charge in [0.25, 0.3) is 0 Å². The van der Waals surface area contributed by atoms with E-state index in [4.69, 9.17) is 5.73 Å². The summed E-state index contributed by atoms with van der Waals surface area (Å²) in [6.45, 7) is 8.98. The molecule has 2 atom stereocenters. The van der Waals surface area contributed by atoms with Crippen molar-refractivity contribution >= 4 is 18.3 Å². The molecule has 1 amide bonds. The van der Waals surface area contributed by atoms with Gasteiger partial charge in [-0.3, -0.25) is 4.79 Å². The molecule has 2 unspecified atom stereocenters. The van der Waals surface area contributed by atoms with Crippen LogP contribution in [0.2, 0.25) is 0 Å². The average molecular weight is 353 g/mol. The van der Waals surface area contributed by atoms with E-state index in [1.807, 2.05) is 0 Å². The first-order chi connectivity index (χ1) is 11.0. The van der Waals surface area contributed by atoms with Gasteiger partial charge in [0, 0.05) is 6.04 Å². The number of hydrogen-bond donors (Lipinski definition) is 1. The number of nitrogens with zero attached hydrogens (tertiary/aromatic N) is 1. The van der Waals surface area contributed by atoms with Gasteiger partial charge in [0.2, 0.25) is 5.91 Å². The maximum atomic E-state index is 12.0. The summed E-state index contributed by atoms with van der Waals surface area (Å²) in [6, 6.07) is 8.89. The Morgan fingerprint density at radius 3 is 2.17 bits per heavy atom. The molecule has 0 aliphatic carbocycles. The number of benzene rings is 1. The van der Waals surface area contributed by atoms with E-state index in [-0.39, 0.29) is 24.2 Å². The monoisotopic (exact) mass is 352 g/mol. The van der Waals surface area contributed by atoms with Crippen molar-refractivity contribution in [2.45, 2.75) is 64.8 Å². The lowest BCUT2D eigenvalue weighted by Crippen LogP contribution is -2.39. The molecule has 0 aromatic heterocycles. The molecule has 1 aromatic rings. The molecule has 1 saturated heterocycles. The van der Waals surface area contributed by atoms with Crippen LogP contribution in [0, 0.1) is 5.92 Å². The summed E-state index contributed by atoms with van der Waals surface area (Å²) in [5.41, 5.74) is 8.10. The van der Waals surface area contributed by atoms with Gasteiger partial charge in [-0.1, -0.05) is 44.5 Å². The molecule has 0 radical (unpaired) electrons. The summed E-state index contributed by atoms with van der Waals surface area (Å²) < 4.78 is 0. The predicted molar refractivity (Wildman–Crippen MR) is 104 cm³/mol. The van der Waals surface area contributed by atoms with Gasteiger partial charge < -0.3 is 10.6 Å². The highest BCUT2D eigenvalue weighted by molar-refractivity contribution is 5.85. The second kappa shape index (κ2) is 10.0. The quantitative estimate of drug-likeness (QED) is 0.801. The molecule has 1 fully saturated rings. The first kappa shape index (κ1) is 21.0. The van der Waals surface area contributed by atoms with Crippen LogP contribution in [0.4, 0.5) is 0 Å². The number of likely N-dealkylation sites (tertiary alicyclic amines) is 1. The van der Waals surface area contributed by atoms with E-state index in [1.54, 1.807) is 0 Å². The van der Waals surface area contributed by atoms with Crippen LogP contribution in [-0.2, 0) is 11.2 Å². The van der Waals surface area contributed by atoms with Crippen LogP contribution in [0.15, 0.2) is 24.3 Å². The number of primary amides is 1. The Hall–Kier alpha value is -1.06. The highest BCUT2D eigenvalue weighted by Crippen LogP contribution is 2.25. The molecule has 1 aliphatic rings. The topological polar surface area (TPSA) is 46.3 Å². The molecule has 1 aliphatic heterocycles. The lowest BCUT2D eigenvalue weighted by atomic mass is 9.89. The van der Waals surface area contributed by atoms with E-state index in [0.29, 0.717) is 12.0 Å².